The standard InChI is InChI=1S/C22H26N4O3.ClH/c1-14-15(2)19(26-13-12-25(22(26)28)11-10-20(27)29-3)9-8-18(14)16-4-6-17(7-5-16)21(23)24;/h4-9H,10-13H2,1-3H3,(H3,23,24);1H. The highest BCUT2D eigenvalue weighted by molar-refractivity contribution is 5.96. The number of halogens is 1. The summed E-state index contributed by atoms with van der Waals surface area (Å²) in [6.45, 7) is 5.60. The molecule has 0 saturated carbocycles. The summed E-state index contributed by atoms with van der Waals surface area (Å²) in [6.07, 6.45) is 0.198. The Kier molecular flexibility index (Phi) is 7.45. The number of ether oxygens (including phenoxy) is 1. The third-order valence-electron chi connectivity index (χ3n) is 5.46. The van der Waals surface area contributed by atoms with Crippen LogP contribution in [0, 0.1) is 19.3 Å². The van der Waals surface area contributed by atoms with E-state index in [9.17, 15) is 9.59 Å². The SMILES string of the molecule is COC(=O)CCN1CCN(c2ccc(-c3ccc(C(=N)N)cc3)c(C)c2C)C1=O.Cl. The number of carbonyl (C=O) groups excluding carboxylic acids is 2. The number of nitrogens with two attached hydrogens (primary N) is 1. The average Bonchev–Trinajstić information content (AvgIpc) is 3.08. The van der Waals surface area contributed by atoms with Gasteiger partial charge in [-0.1, -0.05) is 30.3 Å². The van der Waals surface area contributed by atoms with Gasteiger partial charge in [-0.05, 0) is 42.2 Å². The number of urea groups is 1. The first-order chi connectivity index (χ1) is 13.8. The minimum atomic E-state index is -0.316. The predicted molar refractivity (Wildman–Crippen MR) is 121 cm³/mol. The van der Waals surface area contributed by atoms with Crippen molar-refractivity contribution in [3.8, 4) is 11.1 Å². The van der Waals surface area contributed by atoms with Crippen molar-refractivity contribution in [2.75, 3.05) is 31.6 Å². The fraction of sp³-hybridized carbons (Fsp3) is 0.318. The van der Waals surface area contributed by atoms with Crippen LogP contribution >= 0.6 is 12.4 Å². The van der Waals surface area contributed by atoms with Crippen LogP contribution in [0.5, 0.6) is 0 Å². The molecule has 8 heteroatoms. The summed E-state index contributed by atoms with van der Waals surface area (Å²) in [4.78, 5) is 27.6. The Morgan fingerprint density at radius 3 is 2.37 bits per heavy atom. The lowest BCUT2D eigenvalue weighted by Crippen LogP contribution is -2.33. The third-order valence-corrected chi connectivity index (χ3v) is 5.46. The molecule has 0 aliphatic carbocycles. The number of amides is 2. The fourth-order valence-corrected chi connectivity index (χ4v) is 3.58. The van der Waals surface area contributed by atoms with Gasteiger partial charge >= 0.3 is 12.0 Å². The fourth-order valence-electron chi connectivity index (χ4n) is 3.58. The van der Waals surface area contributed by atoms with Crippen LogP contribution in [0.3, 0.4) is 0 Å². The van der Waals surface area contributed by atoms with E-state index in [1.165, 1.54) is 7.11 Å². The molecule has 2 aromatic carbocycles. The molecular formula is C22H27ClN4O3. The van der Waals surface area contributed by atoms with E-state index in [-0.39, 0.29) is 36.7 Å². The summed E-state index contributed by atoms with van der Waals surface area (Å²) in [5, 5.41) is 7.52. The second kappa shape index (κ2) is 9.63. The summed E-state index contributed by atoms with van der Waals surface area (Å²) < 4.78 is 4.66. The number of rotatable bonds is 6. The first-order valence-electron chi connectivity index (χ1n) is 9.51. The highest BCUT2D eigenvalue weighted by Gasteiger charge is 2.31. The molecule has 7 nitrogen and oxygen atoms in total. The van der Waals surface area contributed by atoms with Crippen molar-refractivity contribution in [3.05, 3.63) is 53.1 Å². The molecule has 0 aromatic heterocycles. The molecule has 0 spiro atoms. The smallest absolute Gasteiger partial charge is 0.324 e. The van der Waals surface area contributed by atoms with Crippen LogP contribution in [0.2, 0.25) is 0 Å². The zero-order valence-electron chi connectivity index (χ0n) is 17.4. The molecule has 0 atom stereocenters. The number of nitrogens with zero attached hydrogens (tertiary/aromatic N) is 2. The second-order valence-electron chi connectivity index (χ2n) is 7.12. The molecule has 160 valence electrons. The molecule has 0 radical (unpaired) electrons. The van der Waals surface area contributed by atoms with Crippen LogP contribution < -0.4 is 10.6 Å². The van der Waals surface area contributed by atoms with Crippen LogP contribution in [-0.4, -0.2) is 49.5 Å². The highest BCUT2D eigenvalue weighted by Crippen LogP contribution is 2.33. The number of methoxy groups -OCH3 is 1. The Bertz CT molecular complexity index is 960. The normalized spacial score (nSPS) is 13.2. The van der Waals surface area contributed by atoms with E-state index >= 15 is 0 Å². The largest absolute Gasteiger partial charge is 0.469 e. The average molecular weight is 431 g/mol. The zero-order valence-corrected chi connectivity index (χ0v) is 18.2. The van der Waals surface area contributed by atoms with E-state index in [2.05, 4.69) is 4.74 Å². The van der Waals surface area contributed by atoms with Gasteiger partial charge in [-0.2, -0.15) is 0 Å². The predicted octanol–water partition coefficient (Wildman–Crippen LogP) is 3.48. The quantitative estimate of drug-likeness (QED) is 0.416. The number of amidine groups is 1. The topological polar surface area (TPSA) is 99.7 Å². The molecule has 30 heavy (non-hydrogen) atoms. The Balaban J connectivity index is 0.00000320. The number of anilines is 1. The van der Waals surface area contributed by atoms with Crippen molar-refractivity contribution >= 4 is 35.9 Å². The van der Waals surface area contributed by atoms with Gasteiger partial charge < -0.3 is 15.4 Å². The lowest BCUT2D eigenvalue weighted by molar-refractivity contribution is -0.140. The lowest BCUT2D eigenvalue weighted by atomic mass is 9.95. The van der Waals surface area contributed by atoms with E-state index in [0.717, 1.165) is 27.9 Å². The third kappa shape index (κ3) is 4.57. The Hall–Kier alpha value is -3.06. The minimum Gasteiger partial charge on any atom is -0.469 e. The molecule has 0 bridgehead atoms. The Morgan fingerprint density at radius 2 is 1.77 bits per heavy atom. The second-order valence-corrected chi connectivity index (χ2v) is 7.12. The maximum Gasteiger partial charge on any atom is 0.324 e. The molecule has 0 unspecified atom stereocenters. The molecule has 1 aliphatic rings. The maximum atomic E-state index is 12.8. The molecule has 3 rings (SSSR count). The molecule has 1 aliphatic heterocycles. The van der Waals surface area contributed by atoms with E-state index in [1.54, 1.807) is 9.80 Å². The van der Waals surface area contributed by atoms with Crippen molar-refractivity contribution in [1.82, 2.24) is 4.90 Å². The van der Waals surface area contributed by atoms with Crippen molar-refractivity contribution in [2.24, 2.45) is 5.73 Å². The number of carbonyl (C=O) groups is 2. The number of nitrogen functional groups attached to an aromatic ring is 1. The number of nitrogens with one attached hydrogen (secondary N) is 1. The van der Waals surface area contributed by atoms with Gasteiger partial charge in [0.1, 0.15) is 5.84 Å². The van der Waals surface area contributed by atoms with Gasteiger partial charge in [-0.15, -0.1) is 12.4 Å². The van der Waals surface area contributed by atoms with Gasteiger partial charge in [0.15, 0.2) is 0 Å². The first-order valence-corrected chi connectivity index (χ1v) is 9.51. The number of hydrogen-bond acceptors (Lipinski definition) is 4. The summed E-state index contributed by atoms with van der Waals surface area (Å²) in [6, 6.07) is 11.5. The van der Waals surface area contributed by atoms with Gasteiger partial charge in [0.2, 0.25) is 0 Å². The molecule has 1 fully saturated rings. The van der Waals surface area contributed by atoms with E-state index in [0.29, 0.717) is 25.2 Å². The van der Waals surface area contributed by atoms with Crippen LogP contribution in [0.1, 0.15) is 23.1 Å². The van der Waals surface area contributed by atoms with Crippen molar-refractivity contribution < 1.29 is 14.3 Å². The van der Waals surface area contributed by atoms with Crippen LogP contribution in [0.25, 0.3) is 11.1 Å². The number of hydrogen-bond donors (Lipinski definition) is 2. The van der Waals surface area contributed by atoms with Crippen molar-refractivity contribution in [3.63, 3.8) is 0 Å². The minimum absolute atomic E-state index is 0. The van der Waals surface area contributed by atoms with Gasteiger partial charge in [0, 0.05) is 30.9 Å². The zero-order chi connectivity index (χ0) is 21.1. The molecular weight excluding hydrogens is 404 g/mol. The summed E-state index contributed by atoms with van der Waals surface area (Å²) >= 11 is 0. The van der Waals surface area contributed by atoms with E-state index < -0.39 is 0 Å². The van der Waals surface area contributed by atoms with E-state index in [4.69, 9.17) is 11.1 Å². The van der Waals surface area contributed by atoms with Gasteiger partial charge in [-0.25, -0.2) is 4.79 Å². The Morgan fingerprint density at radius 1 is 1.10 bits per heavy atom. The van der Waals surface area contributed by atoms with Crippen LogP contribution in [-0.2, 0) is 9.53 Å². The van der Waals surface area contributed by atoms with Crippen molar-refractivity contribution in [2.45, 2.75) is 20.3 Å². The van der Waals surface area contributed by atoms with Crippen molar-refractivity contribution in [1.29, 1.82) is 5.41 Å². The monoisotopic (exact) mass is 430 g/mol. The first kappa shape index (κ1) is 23.2. The lowest BCUT2D eigenvalue weighted by Gasteiger charge is -2.22. The summed E-state index contributed by atoms with van der Waals surface area (Å²) in [5.74, 6) is -0.271. The molecule has 3 N–H and O–H groups in total. The van der Waals surface area contributed by atoms with Gasteiger partial charge in [0.05, 0.1) is 13.5 Å². The molecule has 2 amide bonds. The molecule has 1 saturated heterocycles. The molecule has 2 aromatic rings. The maximum absolute atomic E-state index is 12.8. The van der Waals surface area contributed by atoms with Gasteiger partial charge in [-0.3, -0.25) is 15.1 Å². The Labute approximate surface area is 182 Å². The van der Waals surface area contributed by atoms with Crippen LogP contribution in [0.15, 0.2) is 36.4 Å². The summed E-state index contributed by atoms with van der Waals surface area (Å²) in [5.41, 5.74) is 11.4. The number of esters is 1. The number of benzene rings is 2. The van der Waals surface area contributed by atoms with E-state index in [1.807, 2.05) is 50.2 Å². The molecule has 1 heterocycles. The highest BCUT2D eigenvalue weighted by atomic mass is 35.5. The van der Waals surface area contributed by atoms with Crippen LogP contribution in [0.4, 0.5) is 10.5 Å². The van der Waals surface area contributed by atoms with Gasteiger partial charge in [0.25, 0.3) is 0 Å². The summed E-state index contributed by atoms with van der Waals surface area (Å²) in [7, 11) is 1.35.